The number of fused-ring (bicyclic) bond motifs is 1. The molecule has 3 rings (SSSR count). The van der Waals surface area contributed by atoms with Crippen LogP contribution in [0, 0.1) is 17.8 Å². The van der Waals surface area contributed by atoms with Gasteiger partial charge in [0.1, 0.15) is 0 Å². The zero-order chi connectivity index (χ0) is 9.42. The van der Waals surface area contributed by atoms with Crippen LogP contribution in [0.15, 0.2) is 0 Å². The maximum absolute atomic E-state index is 11.5. The lowest BCUT2D eigenvalue weighted by atomic mass is 9.81. The van der Waals surface area contributed by atoms with Crippen molar-refractivity contribution in [1.29, 1.82) is 0 Å². The summed E-state index contributed by atoms with van der Waals surface area (Å²) in [6.45, 7) is 2.62. The standard InChI is InChI=1S/C10H18N2O/c1-2-12-10(13)9(11)8-5-6-3-7(8)4-6/h6-9H,2-5,11H2,1H3,(H,12,13)/t6?,7?,8-,9+/m0/s1. The highest BCUT2D eigenvalue weighted by molar-refractivity contribution is 5.81. The third kappa shape index (κ3) is 1.46. The minimum atomic E-state index is -0.252. The summed E-state index contributed by atoms with van der Waals surface area (Å²) >= 11 is 0. The van der Waals surface area contributed by atoms with Crippen LogP contribution in [0.5, 0.6) is 0 Å². The summed E-state index contributed by atoms with van der Waals surface area (Å²) in [7, 11) is 0. The number of nitrogens with one attached hydrogen (secondary N) is 1. The number of nitrogens with two attached hydrogens (primary N) is 1. The summed E-state index contributed by atoms with van der Waals surface area (Å²) in [5.74, 6) is 2.15. The highest BCUT2D eigenvalue weighted by Gasteiger charge is 2.47. The van der Waals surface area contributed by atoms with Crippen LogP contribution in [0.3, 0.4) is 0 Å². The zero-order valence-electron chi connectivity index (χ0n) is 8.12. The molecule has 0 aromatic heterocycles. The van der Waals surface area contributed by atoms with Crippen LogP contribution in [0.2, 0.25) is 0 Å². The molecule has 3 aliphatic carbocycles. The average Bonchev–Trinajstić information content (AvgIpc) is 2.59. The van der Waals surface area contributed by atoms with Crippen molar-refractivity contribution in [3.63, 3.8) is 0 Å². The van der Waals surface area contributed by atoms with Gasteiger partial charge in [-0.15, -0.1) is 0 Å². The van der Waals surface area contributed by atoms with Crippen LogP contribution < -0.4 is 11.1 Å². The fraction of sp³-hybridized carbons (Fsp3) is 0.900. The van der Waals surface area contributed by atoms with Crippen molar-refractivity contribution < 1.29 is 4.79 Å². The van der Waals surface area contributed by atoms with Gasteiger partial charge in [-0.1, -0.05) is 0 Å². The molecule has 0 spiro atoms. The van der Waals surface area contributed by atoms with Crippen molar-refractivity contribution in [3.8, 4) is 0 Å². The molecule has 0 radical (unpaired) electrons. The second-order valence-corrected chi connectivity index (χ2v) is 4.42. The summed E-state index contributed by atoms with van der Waals surface area (Å²) in [6, 6.07) is -0.252. The third-order valence-corrected chi connectivity index (χ3v) is 3.60. The van der Waals surface area contributed by atoms with Crippen molar-refractivity contribution in [2.75, 3.05) is 6.54 Å². The van der Waals surface area contributed by atoms with E-state index in [0.717, 1.165) is 11.8 Å². The SMILES string of the molecule is CCNC(=O)[C@H](N)[C@H]1CC2CC1C2. The number of carbonyl (C=O) groups excluding carboxylic acids is 1. The Morgan fingerprint density at radius 2 is 2.23 bits per heavy atom. The predicted molar refractivity (Wildman–Crippen MR) is 51.0 cm³/mol. The van der Waals surface area contributed by atoms with Crippen LogP contribution in [0.25, 0.3) is 0 Å². The molecule has 74 valence electrons. The Morgan fingerprint density at radius 1 is 1.54 bits per heavy atom. The molecule has 2 bridgehead atoms. The van der Waals surface area contributed by atoms with E-state index in [0.29, 0.717) is 12.5 Å². The van der Waals surface area contributed by atoms with Crippen LogP contribution in [-0.2, 0) is 4.79 Å². The molecule has 1 amide bonds. The molecule has 0 saturated heterocycles. The molecule has 3 N–H and O–H groups in total. The van der Waals surface area contributed by atoms with Gasteiger partial charge in [-0.2, -0.15) is 0 Å². The Kier molecular flexibility index (Phi) is 2.28. The molecular weight excluding hydrogens is 164 g/mol. The monoisotopic (exact) mass is 182 g/mol. The van der Waals surface area contributed by atoms with Gasteiger partial charge in [-0.05, 0) is 43.9 Å². The number of hydrogen-bond donors (Lipinski definition) is 2. The topological polar surface area (TPSA) is 55.1 Å². The Morgan fingerprint density at radius 3 is 2.69 bits per heavy atom. The maximum atomic E-state index is 11.5. The minimum absolute atomic E-state index is 0.0417. The lowest BCUT2D eigenvalue weighted by molar-refractivity contribution is -0.123. The summed E-state index contributed by atoms with van der Waals surface area (Å²) in [5, 5.41) is 2.80. The van der Waals surface area contributed by atoms with E-state index in [9.17, 15) is 4.79 Å². The second kappa shape index (κ2) is 3.29. The number of likely N-dealkylation sites (N-methyl/N-ethyl adjacent to an activating group) is 1. The normalized spacial score (nSPS) is 38.2. The van der Waals surface area contributed by atoms with E-state index >= 15 is 0 Å². The number of rotatable bonds is 3. The molecule has 3 heteroatoms. The average molecular weight is 182 g/mol. The molecule has 0 heterocycles. The van der Waals surface area contributed by atoms with Gasteiger partial charge < -0.3 is 11.1 Å². The predicted octanol–water partition coefficient (Wildman–Crippen LogP) is 0.496. The molecule has 13 heavy (non-hydrogen) atoms. The van der Waals surface area contributed by atoms with Crippen LogP contribution >= 0.6 is 0 Å². The van der Waals surface area contributed by atoms with E-state index in [1.165, 1.54) is 19.3 Å². The van der Waals surface area contributed by atoms with Gasteiger partial charge in [0.15, 0.2) is 0 Å². The first-order valence-corrected chi connectivity index (χ1v) is 5.25. The summed E-state index contributed by atoms with van der Waals surface area (Å²) in [6.07, 6.45) is 3.82. The van der Waals surface area contributed by atoms with Crippen LogP contribution in [0.4, 0.5) is 0 Å². The number of amides is 1. The molecule has 0 aromatic carbocycles. The van der Waals surface area contributed by atoms with Gasteiger partial charge in [0.05, 0.1) is 6.04 Å². The summed E-state index contributed by atoms with van der Waals surface area (Å²) in [5.41, 5.74) is 5.91. The Labute approximate surface area is 79.1 Å². The van der Waals surface area contributed by atoms with Crippen molar-refractivity contribution in [2.24, 2.45) is 23.5 Å². The molecule has 2 atom stereocenters. The lowest BCUT2D eigenvalue weighted by Gasteiger charge is -2.26. The van der Waals surface area contributed by atoms with Gasteiger partial charge >= 0.3 is 0 Å². The van der Waals surface area contributed by atoms with Crippen LogP contribution in [0.1, 0.15) is 26.2 Å². The first kappa shape index (κ1) is 9.00. The molecule has 3 aliphatic rings. The van der Waals surface area contributed by atoms with Gasteiger partial charge in [0.25, 0.3) is 0 Å². The van der Waals surface area contributed by atoms with Gasteiger partial charge in [-0.25, -0.2) is 0 Å². The fourth-order valence-electron chi connectivity index (χ4n) is 2.83. The van der Waals surface area contributed by atoms with E-state index in [1.54, 1.807) is 0 Å². The van der Waals surface area contributed by atoms with E-state index in [2.05, 4.69) is 5.32 Å². The smallest absolute Gasteiger partial charge is 0.237 e. The summed E-state index contributed by atoms with van der Waals surface area (Å²) < 4.78 is 0. The van der Waals surface area contributed by atoms with Gasteiger partial charge in [0.2, 0.25) is 5.91 Å². The molecule has 0 unspecified atom stereocenters. The Balaban J connectivity index is 1.89. The van der Waals surface area contributed by atoms with Crippen molar-refractivity contribution in [2.45, 2.75) is 32.2 Å². The first-order chi connectivity index (χ1) is 6.22. The van der Waals surface area contributed by atoms with E-state index < -0.39 is 0 Å². The molecule has 3 nitrogen and oxygen atoms in total. The second-order valence-electron chi connectivity index (χ2n) is 4.42. The van der Waals surface area contributed by atoms with Gasteiger partial charge in [-0.3, -0.25) is 4.79 Å². The maximum Gasteiger partial charge on any atom is 0.237 e. The lowest BCUT2D eigenvalue weighted by Crippen LogP contribution is -2.46. The molecule has 3 saturated carbocycles. The Bertz CT molecular complexity index is 211. The molecule has 0 aliphatic heterocycles. The molecular formula is C10H18N2O. The van der Waals surface area contributed by atoms with E-state index in [4.69, 9.17) is 5.73 Å². The summed E-state index contributed by atoms with van der Waals surface area (Å²) in [4.78, 5) is 11.5. The van der Waals surface area contributed by atoms with Crippen LogP contribution in [-0.4, -0.2) is 18.5 Å². The number of hydrogen-bond acceptors (Lipinski definition) is 2. The zero-order valence-corrected chi connectivity index (χ0v) is 8.12. The van der Waals surface area contributed by atoms with Crippen molar-refractivity contribution >= 4 is 5.91 Å². The van der Waals surface area contributed by atoms with E-state index in [-0.39, 0.29) is 11.9 Å². The molecule has 3 fully saturated rings. The fourth-order valence-corrected chi connectivity index (χ4v) is 2.83. The van der Waals surface area contributed by atoms with Crippen molar-refractivity contribution in [1.82, 2.24) is 5.32 Å². The largest absolute Gasteiger partial charge is 0.355 e. The Hall–Kier alpha value is -0.570. The van der Waals surface area contributed by atoms with E-state index in [1.807, 2.05) is 6.92 Å². The highest BCUT2D eigenvalue weighted by Crippen LogP contribution is 2.53. The first-order valence-electron chi connectivity index (χ1n) is 5.25. The number of carbonyl (C=O) groups is 1. The van der Waals surface area contributed by atoms with Crippen molar-refractivity contribution in [3.05, 3.63) is 0 Å². The minimum Gasteiger partial charge on any atom is -0.355 e. The molecule has 0 aromatic rings. The highest BCUT2D eigenvalue weighted by atomic mass is 16.2. The van der Waals surface area contributed by atoms with Gasteiger partial charge in [0, 0.05) is 6.54 Å². The quantitative estimate of drug-likeness (QED) is 0.667. The third-order valence-electron chi connectivity index (χ3n) is 3.60.